The van der Waals surface area contributed by atoms with Crippen molar-refractivity contribution in [2.45, 2.75) is 26.1 Å². The molecule has 0 saturated carbocycles. The lowest BCUT2D eigenvalue weighted by molar-refractivity contribution is -0.118. The molecule has 2 N–H and O–H groups in total. The number of aromatic carboxylic acids is 1. The standard InChI is InChI=1S/C14H16N2O5S/c1-8-11(9(2)21-16-8)6-22-7-13(17)15-5-10-3-4-12(20-10)14(18)19/h3-4H,5-7H2,1-2H3,(H,15,17)(H,18,19). The lowest BCUT2D eigenvalue weighted by atomic mass is 10.2. The Morgan fingerprint density at radius 2 is 2.14 bits per heavy atom. The number of carbonyl (C=O) groups excluding carboxylic acids is 1. The number of nitrogens with zero attached hydrogens (tertiary/aromatic N) is 1. The second-order valence-electron chi connectivity index (χ2n) is 4.64. The summed E-state index contributed by atoms with van der Waals surface area (Å²) in [5.41, 5.74) is 1.84. The molecule has 7 nitrogen and oxygen atoms in total. The van der Waals surface area contributed by atoms with Crippen LogP contribution in [0, 0.1) is 13.8 Å². The highest BCUT2D eigenvalue weighted by Crippen LogP contribution is 2.19. The molecule has 0 aliphatic heterocycles. The molecule has 2 aromatic heterocycles. The van der Waals surface area contributed by atoms with Crippen molar-refractivity contribution >= 4 is 23.6 Å². The van der Waals surface area contributed by atoms with Gasteiger partial charge in [-0.05, 0) is 26.0 Å². The van der Waals surface area contributed by atoms with Crippen LogP contribution < -0.4 is 5.32 Å². The first-order valence-electron chi connectivity index (χ1n) is 6.55. The number of carboxylic acids is 1. The number of carboxylic acid groups (broad SMARTS) is 1. The summed E-state index contributed by atoms with van der Waals surface area (Å²) < 4.78 is 10.1. The molecule has 0 saturated heterocycles. The van der Waals surface area contributed by atoms with Gasteiger partial charge in [0.15, 0.2) is 0 Å². The molecule has 2 heterocycles. The van der Waals surface area contributed by atoms with Crippen LogP contribution in [0.1, 0.15) is 33.3 Å². The summed E-state index contributed by atoms with van der Waals surface area (Å²) in [6.45, 7) is 3.87. The Bertz CT molecular complexity index is 657. The maximum Gasteiger partial charge on any atom is 0.371 e. The molecule has 2 rings (SSSR count). The van der Waals surface area contributed by atoms with E-state index in [1.54, 1.807) is 0 Å². The Morgan fingerprint density at radius 3 is 2.73 bits per heavy atom. The third-order valence-electron chi connectivity index (χ3n) is 2.99. The minimum Gasteiger partial charge on any atom is -0.475 e. The van der Waals surface area contributed by atoms with Gasteiger partial charge in [0.2, 0.25) is 11.7 Å². The number of amides is 1. The van der Waals surface area contributed by atoms with Crippen molar-refractivity contribution in [2.24, 2.45) is 0 Å². The zero-order valence-electron chi connectivity index (χ0n) is 12.2. The molecule has 22 heavy (non-hydrogen) atoms. The minimum atomic E-state index is -1.13. The van der Waals surface area contributed by atoms with E-state index < -0.39 is 5.97 Å². The number of nitrogens with one attached hydrogen (secondary N) is 1. The van der Waals surface area contributed by atoms with Gasteiger partial charge in [-0.3, -0.25) is 4.79 Å². The van der Waals surface area contributed by atoms with Gasteiger partial charge in [-0.15, -0.1) is 11.8 Å². The van der Waals surface area contributed by atoms with E-state index in [2.05, 4.69) is 10.5 Å². The number of aromatic nitrogens is 1. The van der Waals surface area contributed by atoms with E-state index in [1.165, 1.54) is 23.9 Å². The van der Waals surface area contributed by atoms with Crippen molar-refractivity contribution in [3.63, 3.8) is 0 Å². The summed E-state index contributed by atoms with van der Waals surface area (Å²) in [7, 11) is 0. The molecule has 0 spiro atoms. The van der Waals surface area contributed by atoms with Gasteiger partial charge >= 0.3 is 5.97 Å². The van der Waals surface area contributed by atoms with Gasteiger partial charge in [-0.25, -0.2) is 4.79 Å². The lowest BCUT2D eigenvalue weighted by Crippen LogP contribution is -2.24. The highest BCUT2D eigenvalue weighted by molar-refractivity contribution is 7.99. The van der Waals surface area contributed by atoms with Crippen molar-refractivity contribution in [1.29, 1.82) is 0 Å². The Kier molecular flexibility index (Phi) is 5.26. The van der Waals surface area contributed by atoms with Crippen LogP contribution in [0.5, 0.6) is 0 Å². The van der Waals surface area contributed by atoms with E-state index in [-0.39, 0.29) is 24.0 Å². The normalized spacial score (nSPS) is 10.6. The van der Waals surface area contributed by atoms with Crippen LogP contribution in [0.4, 0.5) is 0 Å². The predicted octanol–water partition coefficient (Wildman–Crippen LogP) is 2.13. The third kappa shape index (κ3) is 4.14. The molecular weight excluding hydrogens is 308 g/mol. The molecule has 1 amide bonds. The van der Waals surface area contributed by atoms with Crippen molar-refractivity contribution in [3.05, 3.63) is 40.7 Å². The first-order chi connectivity index (χ1) is 10.5. The Labute approximate surface area is 131 Å². The van der Waals surface area contributed by atoms with E-state index in [0.717, 1.165) is 17.0 Å². The maximum atomic E-state index is 11.7. The highest BCUT2D eigenvalue weighted by atomic mass is 32.2. The van der Waals surface area contributed by atoms with E-state index in [4.69, 9.17) is 14.0 Å². The molecule has 118 valence electrons. The number of carbonyl (C=O) groups is 2. The van der Waals surface area contributed by atoms with Crippen LogP contribution in [0.3, 0.4) is 0 Å². The molecule has 0 aliphatic rings. The van der Waals surface area contributed by atoms with Crippen molar-refractivity contribution in [1.82, 2.24) is 10.5 Å². The van der Waals surface area contributed by atoms with Gasteiger partial charge in [0.25, 0.3) is 0 Å². The van der Waals surface area contributed by atoms with Gasteiger partial charge in [-0.1, -0.05) is 5.16 Å². The van der Waals surface area contributed by atoms with Crippen LogP contribution >= 0.6 is 11.8 Å². The Balaban J connectivity index is 1.73. The van der Waals surface area contributed by atoms with Crippen LogP contribution in [0.25, 0.3) is 0 Å². The summed E-state index contributed by atoms with van der Waals surface area (Å²) in [6.07, 6.45) is 0. The second kappa shape index (κ2) is 7.17. The summed E-state index contributed by atoms with van der Waals surface area (Å²) in [6, 6.07) is 2.89. The monoisotopic (exact) mass is 324 g/mol. The molecule has 0 unspecified atom stereocenters. The fraction of sp³-hybridized carbons (Fsp3) is 0.357. The van der Waals surface area contributed by atoms with Crippen molar-refractivity contribution < 1.29 is 23.6 Å². The van der Waals surface area contributed by atoms with E-state index in [9.17, 15) is 9.59 Å². The highest BCUT2D eigenvalue weighted by Gasteiger charge is 2.11. The predicted molar refractivity (Wildman–Crippen MR) is 79.7 cm³/mol. The largest absolute Gasteiger partial charge is 0.475 e. The van der Waals surface area contributed by atoms with Crippen molar-refractivity contribution in [2.75, 3.05) is 5.75 Å². The van der Waals surface area contributed by atoms with Crippen LogP contribution in [0.2, 0.25) is 0 Å². The number of hydrogen-bond donors (Lipinski definition) is 2. The van der Waals surface area contributed by atoms with Crippen LogP contribution in [-0.4, -0.2) is 27.9 Å². The minimum absolute atomic E-state index is 0.142. The number of furan rings is 1. The SMILES string of the molecule is Cc1noc(C)c1CSCC(=O)NCc1ccc(C(=O)O)o1. The summed E-state index contributed by atoms with van der Waals surface area (Å²) >= 11 is 1.46. The van der Waals surface area contributed by atoms with Crippen LogP contribution in [-0.2, 0) is 17.1 Å². The Morgan fingerprint density at radius 1 is 1.36 bits per heavy atom. The van der Waals surface area contributed by atoms with Crippen molar-refractivity contribution in [3.8, 4) is 0 Å². The fourth-order valence-corrected chi connectivity index (χ4v) is 2.78. The van der Waals surface area contributed by atoms with Gasteiger partial charge in [0.1, 0.15) is 11.5 Å². The topological polar surface area (TPSA) is 106 Å². The average molecular weight is 324 g/mol. The van der Waals surface area contributed by atoms with E-state index >= 15 is 0 Å². The van der Waals surface area contributed by atoms with Crippen LogP contribution in [0.15, 0.2) is 21.1 Å². The second-order valence-corrected chi connectivity index (χ2v) is 5.63. The molecular formula is C14H16N2O5S. The number of aryl methyl sites for hydroxylation is 2. The lowest BCUT2D eigenvalue weighted by Gasteiger charge is -2.03. The van der Waals surface area contributed by atoms with Gasteiger partial charge in [-0.2, -0.15) is 0 Å². The smallest absolute Gasteiger partial charge is 0.371 e. The number of rotatable bonds is 7. The Hall–Kier alpha value is -2.22. The fourth-order valence-electron chi connectivity index (χ4n) is 1.78. The average Bonchev–Trinajstić information content (AvgIpc) is 3.06. The number of thioether (sulfide) groups is 1. The zero-order chi connectivity index (χ0) is 16.1. The number of hydrogen-bond acceptors (Lipinski definition) is 6. The zero-order valence-corrected chi connectivity index (χ0v) is 13.0. The van der Waals surface area contributed by atoms with Gasteiger partial charge in [0, 0.05) is 11.3 Å². The molecule has 0 fully saturated rings. The van der Waals surface area contributed by atoms with E-state index in [0.29, 0.717) is 11.5 Å². The molecule has 2 aromatic rings. The van der Waals surface area contributed by atoms with E-state index in [1.807, 2.05) is 13.8 Å². The maximum absolute atomic E-state index is 11.7. The first-order valence-corrected chi connectivity index (χ1v) is 7.71. The van der Waals surface area contributed by atoms with Gasteiger partial charge < -0.3 is 19.4 Å². The molecule has 0 atom stereocenters. The third-order valence-corrected chi connectivity index (χ3v) is 3.95. The summed E-state index contributed by atoms with van der Waals surface area (Å²) in [5.74, 6) is 0.688. The summed E-state index contributed by atoms with van der Waals surface area (Å²) in [5, 5.41) is 15.3. The van der Waals surface area contributed by atoms with Gasteiger partial charge in [0.05, 0.1) is 18.0 Å². The molecule has 0 bridgehead atoms. The molecule has 8 heteroatoms. The molecule has 0 radical (unpaired) electrons. The summed E-state index contributed by atoms with van der Waals surface area (Å²) in [4.78, 5) is 22.4. The quantitative estimate of drug-likeness (QED) is 0.803. The molecule has 0 aromatic carbocycles. The molecule has 0 aliphatic carbocycles. The first kappa shape index (κ1) is 16.2.